The third-order valence-electron chi connectivity index (χ3n) is 2.28. The molecule has 1 aliphatic rings. The molecule has 0 saturated heterocycles. The Balaban J connectivity index is 2.50. The SMILES string of the molecule is C=C1CCC(C(=O)OC)CC1Cl. The molecule has 0 N–H and O–H groups in total. The van der Waals surface area contributed by atoms with Gasteiger partial charge in [0.25, 0.3) is 0 Å². The molecule has 68 valence electrons. The summed E-state index contributed by atoms with van der Waals surface area (Å²) in [5.41, 5.74) is 1.04. The third-order valence-corrected chi connectivity index (χ3v) is 2.77. The van der Waals surface area contributed by atoms with Crippen LogP contribution in [-0.4, -0.2) is 18.5 Å². The first-order valence-corrected chi connectivity index (χ1v) is 4.48. The van der Waals surface area contributed by atoms with Crippen LogP contribution in [0, 0.1) is 5.92 Å². The molecule has 1 saturated carbocycles. The summed E-state index contributed by atoms with van der Waals surface area (Å²) < 4.78 is 4.65. The Morgan fingerprint density at radius 2 is 2.42 bits per heavy atom. The maximum atomic E-state index is 11.1. The van der Waals surface area contributed by atoms with Crippen LogP contribution in [-0.2, 0) is 9.53 Å². The van der Waals surface area contributed by atoms with Crippen LogP contribution < -0.4 is 0 Å². The predicted octanol–water partition coefficient (Wildman–Crippen LogP) is 2.12. The van der Waals surface area contributed by atoms with Crippen LogP contribution in [0.25, 0.3) is 0 Å². The van der Waals surface area contributed by atoms with Crippen LogP contribution in [0.5, 0.6) is 0 Å². The highest BCUT2D eigenvalue weighted by Gasteiger charge is 2.28. The van der Waals surface area contributed by atoms with E-state index < -0.39 is 0 Å². The number of hydrogen-bond donors (Lipinski definition) is 0. The van der Waals surface area contributed by atoms with Crippen molar-refractivity contribution in [3.05, 3.63) is 12.2 Å². The molecule has 0 aromatic heterocycles. The lowest BCUT2D eigenvalue weighted by Gasteiger charge is -2.25. The molecule has 1 fully saturated rings. The lowest BCUT2D eigenvalue weighted by atomic mass is 9.86. The summed E-state index contributed by atoms with van der Waals surface area (Å²) in [5, 5.41) is -0.0529. The van der Waals surface area contributed by atoms with E-state index in [0.29, 0.717) is 6.42 Å². The molecule has 0 amide bonds. The van der Waals surface area contributed by atoms with Gasteiger partial charge in [0.2, 0.25) is 0 Å². The van der Waals surface area contributed by atoms with Gasteiger partial charge in [-0.05, 0) is 19.3 Å². The van der Waals surface area contributed by atoms with Crippen LogP contribution in [0.3, 0.4) is 0 Å². The average Bonchev–Trinajstić information content (AvgIpc) is 2.08. The van der Waals surface area contributed by atoms with Gasteiger partial charge in [-0.3, -0.25) is 4.79 Å². The Hall–Kier alpha value is -0.500. The van der Waals surface area contributed by atoms with Crippen molar-refractivity contribution < 1.29 is 9.53 Å². The largest absolute Gasteiger partial charge is 0.469 e. The van der Waals surface area contributed by atoms with E-state index >= 15 is 0 Å². The average molecular weight is 189 g/mol. The van der Waals surface area contributed by atoms with Crippen molar-refractivity contribution >= 4 is 17.6 Å². The molecule has 1 rings (SSSR count). The number of carbonyl (C=O) groups excluding carboxylic acids is 1. The molecule has 0 heterocycles. The van der Waals surface area contributed by atoms with E-state index in [9.17, 15) is 4.79 Å². The number of ether oxygens (including phenoxy) is 1. The zero-order chi connectivity index (χ0) is 9.14. The van der Waals surface area contributed by atoms with Crippen LogP contribution in [0.2, 0.25) is 0 Å². The fraction of sp³-hybridized carbons (Fsp3) is 0.667. The summed E-state index contributed by atoms with van der Waals surface area (Å²) in [6.45, 7) is 3.83. The highest BCUT2D eigenvalue weighted by Crippen LogP contribution is 2.31. The Morgan fingerprint density at radius 1 is 1.75 bits per heavy atom. The van der Waals surface area contributed by atoms with Crippen LogP contribution in [0.15, 0.2) is 12.2 Å². The van der Waals surface area contributed by atoms with Gasteiger partial charge in [-0.2, -0.15) is 0 Å². The van der Waals surface area contributed by atoms with E-state index in [2.05, 4.69) is 11.3 Å². The van der Waals surface area contributed by atoms with Crippen molar-refractivity contribution in [2.75, 3.05) is 7.11 Å². The maximum absolute atomic E-state index is 11.1. The van der Waals surface area contributed by atoms with Crippen molar-refractivity contribution in [3.63, 3.8) is 0 Å². The molecule has 2 nitrogen and oxygen atoms in total. The summed E-state index contributed by atoms with van der Waals surface area (Å²) in [7, 11) is 1.41. The van der Waals surface area contributed by atoms with Crippen LogP contribution >= 0.6 is 11.6 Å². The molecule has 12 heavy (non-hydrogen) atoms. The summed E-state index contributed by atoms with van der Waals surface area (Å²) in [5.74, 6) is -0.170. The second-order valence-electron chi connectivity index (χ2n) is 3.12. The van der Waals surface area contributed by atoms with Gasteiger partial charge in [-0.1, -0.05) is 12.2 Å². The fourth-order valence-electron chi connectivity index (χ4n) is 1.43. The van der Waals surface area contributed by atoms with Gasteiger partial charge in [0, 0.05) is 0 Å². The van der Waals surface area contributed by atoms with E-state index in [4.69, 9.17) is 11.6 Å². The van der Waals surface area contributed by atoms with Gasteiger partial charge in [0.05, 0.1) is 18.4 Å². The molecular weight excluding hydrogens is 176 g/mol. The van der Waals surface area contributed by atoms with Crippen molar-refractivity contribution in [1.82, 2.24) is 0 Å². The number of carbonyl (C=O) groups is 1. The van der Waals surface area contributed by atoms with Crippen LogP contribution in [0.4, 0.5) is 0 Å². The van der Waals surface area contributed by atoms with Crippen molar-refractivity contribution in [2.45, 2.75) is 24.6 Å². The number of alkyl halides is 1. The van der Waals surface area contributed by atoms with Gasteiger partial charge in [-0.15, -0.1) is 11.6 Å². The molecular formula is C9H13ClO2. The molecule has 0 aliphatic heterocycles. The van der Waals surface area contributed by atoms with E-state index in [1.807, 2.05) is 0 Å². The zero-order valence-corrected chi connectivity index (χ0v) is 7.93. The second kappa shape index (κ2) is 3.94. The van der Waals surface area contributed by atoms with Crippen molar-refractivity contribution in [3.8, 4) is 0 Å². The van der Waals surface area contributed by atoms with E-state index in [-0.39, 0.29) is 17.3 Å². The maximum Gasteiger partial charge on any atom is 0.308 e. The molecule has 0 spiro atoms. The number of esters is 1. The second-order valence-corrected chi connectivity index (χ2v) is 3.65. The molecule has 3 heteroatoms. The number of hydrogen-bond acceptors (Lipinski definition) is 2. The number of allylic oxidation sites excluding steroid dienone is 1. The number of methoxy groups -OCH3 is 1. The van der Waals surface area contributed by atoms with Crippen LogP contribution in [0.1, 0.15) is 19.3 Å². The minimum absolute atomic E-state index is 0.0250. The quantitative estimate of drug-likeness (QED) is 0.358. The Labute approximate surface area is 77.5 Å². The molecule has 1 aliphatic carbocycles. The van der Waals surface area contributed by atoms with Crippen molar-refractivity contribution in [2.24, 2.45) is 5.92 Å². The lowest BCUT2D eigenvalue weighted by molar-refractivity contribution is -0.146. The smallest absolute Gasteiger partial charge is 0.308 e. The molecule has 0 bridgehead atoms. The number of halogens is 1. The summed E-state index contributed by atoms with van der Waals surface area (Å²) >= 11 is 5.96. The van der Waals surface area contributed by atoms with Gasteiger partial charge >= 0.3 is 5.97 Å². The molecule has 2 unspecified atom stereocenters. The van der Waals surface area contributed by atoms with E-state index in [1.54, 1.807) is 0 Å². The minimum atomic E-state index is -0.145. The monoisotopic (exact) mass is 188 g/mol. The summed E-state index contributed by atoms with van der Waals surface area (Å²) in [6.07, 6.45) is 2.34. The van der Waals surface area contributed by atoms with Crippen molar-refractivity contribution in [1.29, 1.82) is 0 Å². The van der Waals surface area contributed by atoms with Gasteiger partial charge < -0.3 is 4.74 Å². The molecule has 0 aromatic rings. The fourth-order valence-corrected chi connectivity index (χ4v) is 1.76. The first kappa shape index (κ1) is 9.59. The Kier molecular flexibility index (Phi) is 3.15. The zero-order valence-electron chi connectivity index (χ0n) is 7.18. The summed E-state index contributed by atoms with van der Waals surface area (Å²) in [4.78, 5) is 11.1. The summed E-state index contributed by atoms with van der Waals surface area (Å²) in [6, 6.07) is 0. The van der Waals surface area contributed by atoms with Gasteiger partial charge in [0.15, 0.2) is 0 Å². The molecule has 2 atom stereocenters. The van der Waals surface area contributed by atoms with E-state index in [0.717, 1.165) is 18.4 Å². The highest BCUT2D eigenvalue weighted by molar-refractivity contribution is 6.22. The Bertz CT molecular complexity index is 201. The Morgan fingerprint density at radius 3 is 2.92 bits per heavy atom. The van der Waals surface area contributed by atoms with E-state index in [1.165, 1.54) is 7.11 Å². The minimum Gasteiger partial charge on any atom is -0.469 e. The first-order valence-electron chi connectivity index (χ1n) is 4.04. The topological polar surface area (TPSA) is 26.3 Å². The molecule has 0 radical (unpaired) electrons. The number of rotatable bonds is 1. The van der Waals surface area contributed by atoms with Gasteiger partial charge in [0.1, 0.15) is 0 Å². The third kappa shape index (κ3) is 2.01. The first-order chi connectivity index (χ1) is 5.65. The normalized spacial score (nSPS) is 30.0. The highest BCUT2D eigenvalue weighted by atomic mass is 35.5. The standard InChI is InChI=1S/C9H13ClO2/c1-6-3-4-7(5-8(6)10)9(11)12-2/h7-8H,1,3-5H2,2H3. The molecule has 0 aromatic carbocycles. The lowest BCUT2D eigenvalue weighted by Crippen LogP contribution is -2.25. The van der Waals surface area contributed by atoms with Gasteiger partial charge in [-0.25, -0.2) is 0 Å². The predicted molar refractivity (Wildman–Crippen MR) is 48.1 cm³/mol.